The van der Waals surface area contributed by atoms with E-state index in [2.05, 4.69) is 15.6 Å². The maximum atomic E-state index is 12.3. The Morgan fingerprint density at radius 1 is 1.12 bits per heavy atom. The number of nitrogens with one attached hydrogen (secondary N) is 2. The molecule has 0 saturated heterocycles. The first kappa shape index (κ1) is 17.2. The average Bonchev–Trinajstić information content (AvgIpc) is 2.60. The summed E-state index contributed by atoms with van der Waals surface area (Å²) in [6.45, 7) is 4.56. The minimum atomic E-state index is -0.370. The van der Waals surface area contributed by atoms with Crippen molar-refractivity contribution in [1.82, 2.24) is 10.3 Å². The Morgan fingerprint density at radius 3 is 2.33 bits per heavy atom. The van der Waals surface area contributed by atoms with Gasteiger partial charge in [-0.05, 0) is 36.2 Å². The highest BCUT2D eigenvalue weighted by Crippen LogP contribution is 2.11. The second-order valence-corrected chi connectivity index (χ2v) is 5.71. The largest absolute Gasteiger partial charge is 0.352 e. The highest BCUT2D eigenvalue weighted by molar-refractivity contribution is 6.05. The number of carbonyl (C=O) groups excluding carboxylic acids is 2. The molecule has 0 aliphatic heterocycles. The summed E-state index contributed by atoms with van der Waals surface area (Å²) in [6.07, 6.45) is 2.83. The number of nitrogens with zero attached hydrogens (tertiary/aromatic N) is 2. The zero-order chi connectivity index (χ0) is 17.5. The van der Waals surface area contributed by atoms with Gasteiger partial charge in [0.25, 0.3) is 11.8 Å². The van der Waals surface area contributed by atoms with Crippen LogP contribution in [-0.4, -0.2) is 23.3 Å². The minimum Gasteiger partial charge on any atom is -0.352 e. The number of amides is 2. The van der Waals surface area contributed by atoms with Crippen LogP contribution in [-0.2, 0) is 0 Å². The molecule has 2 amide bonds. The summed E-state index contributed by atoms with van der Waals surface area (Å²) in [6, 6.07) is 10.0. The molecule has 1 aromatic carbocycles. The Kier molecular flexibility index (Phi) is 5.63. The van der Waals surface area contributed by atoms with Gasteiger partial charge in [0.15, 0.2) is 0 Å². The normalized spacial score (nSPS) is 10.1. The number of rotatable bonds is 5. The third kappa shape index (κ3) is 4.65. The van der Waals surface area contributed by atoms with Crippen LogP contribution in [0.25, 0.3) is 0 Å². The van der Waals surface area contributed by atoms with E-state index < -0.39 is 0 Å². The van der Waals surface area contributed by atoms with E-state index in [1.807, 2.05) is 19.9 Å². The molecular weight excluding hydrogens is 304 g/mol. The molecule has 0 saturated carbocycles. The fourth-order valence-electron chi connectivity index (χ4n) is 1.92. The van der Waals surface area contributed by atoms with E-state index in [4.69, 9.17) is 5.26 Å². The Labute approximate surface area is 140 Å². The van der Waals surface area contributed by atoms with Gasteiger partial charge < -0.3 is 10.6 Å². The molecular formula is C18H18N4O2. The van der Waals surface area contributed by atoms with Crippen LogP contribution in [0.1, 0.15) is 40.1 Å². The van der Waals surface area contributed by atoms with E-state index in [1.165, 1.54) is 18.5 Å². The number of aromatic nitrogens is 1. The molecule has 0 aliphatic carbocycles. The summed E-state index contributed by atoms with van der Waals surface area (Å²) < 4.78 is 0. The molecule has 6 nitrogen and oxygen atoms in total. The van der Waals surface area contributed by atoms with Crippen molar-refractivity contribution >= 4 is 17.5 Å². The van der Waals surface area contributed by atoms with Gasteiger partial charge in [0, 0.05) is 24.6 Å². The fraction of sp³-hybridized carbons (Fsp3) is 0.222. The first-order valence-electron chi connectivity index (χ1n) is 7.54. The van der Waals surface area contributed by atoms with Gasteiger partial charge in [0.1, 0.15) is 0 Å². The van der Waals surface area contributed by atoms with E-state index in [9.17, 15) is 9.59 Å². The second kappa shape index (κ2) is 7.88. The molecule has 2 aromatic rings. The molecule has 2 N–H and O–H groups in total. The second-order valence-electron chi connectivity index (χ2n) is 5.71. The summed E-state index contributed by atoms with van der Waals surface area (Å²) in [5.41, 5.74) is 1.70. The zero-order valence-corrected chi connectivity index (χ0v) is 13.5. The van der Waals surface area contributed by atoms with Crippen molar-refractivity contribution in [2.24, 2.45) is 5.92 Å². The SMILES string of the molecule is CC(C)CNC(=O)c1cncc(C(=O)Nc2ccc(C#N)cc2)c1. The van der Waals surface area contributed by atoms with Crippen molar-refractivity contribution in [2.75, 3.05) is 11.9 Å². The maximum Gasteiger partial charge on any atom is 0.257 e. The Morgan fingerprint density at radius 2 is 1.75 bits per heavy atom. The van der Waals surface area contributed by atoms with Gasteiger partial charge in [-0.2, -0.15) is 5.26 Å². The smallest absolute Gasteiger partial charge is 0.257 e. The Hall–Kier alpha value is -3.20. The predicted octanol–water partition coefficient (Wildman–Crippen LogP) is 2.59. The van der Waals surface area contributed by atoms with Crippen LogP contribution in [0.4, 0.5) is 5.69 Å². The summed E-state index contributed by atoms with van der Waals surface area (Å²) in [5, 5.41) is 14.3. The van der Waals surface area contributed by atoms with Gasteiger partial charge in [0.2, 0.25) is 0 Å². The molecule has 0 radical (unpaired) electrons. The number of anilines is 1. The van der Waals surface area contributed by atoms with Crippen LogP contribution in [0.15, 0.2) is 42.7 Å². The topological polar surface area (TPSA) is 94.9 Å². The molecule has 6 heteroatoms. The van der Waals surface area contributed by atoms with Crippen LogP contribution >= 0.6 is 0 Å². The fourth-order valence-corrected chi connectivity index (χ4v) is 1.92. The van der Waals surface area contributed by atoms with Crippen LogP contribution in [0.3, 0.4) is 0 Å². The van der Waals surface area contributed by atoms with Crippen molar-refractivity contribution in [2.45, 2.75) is 13.8 Å². The van der Waals surface area contributed by atoms with E-state index in [1.54, 1.807) is 24.3 Å². The van der Waals surface area contributed by atoms with Gasteiger partial charge in [-0.15, -0.1) is 0 Å². The lowest BCUT2D eigenvalue weighted by molar-refractivity contribution is 0.0948. The molecule has 0 atom stereocenters. The number of hydrogen-bond acceptors (Lipinski definition) is 4. The molecule has 0 aliphatic rings. The molecule has 1 heterocycles. The third-order valence-corrected chi connectivity index (χ3v) is 3.21. The van der Waals surface area contributed by atoms with Gasteiger partial charge in [-0.3, -0.25) is 14.6 Å². The monoisotopic (exact) mass is 322 g/mol. The summed E-state index contributed by atoms with van der Waals surface area (Å²) >= 11 is 0. The number of carbonyl (C=O) groups is 2. The molecule has 0 fully saturated rings. The van der Waals surface area contributed by atoms with Crippen molar-refractivity contribution in [3.05, 3.63) is 59.4 Å². The quantitative estimate of drug-likeness (QED) is 0.884. The van der Waals surface area contributed by atoms with Crippen LogP contribution in [0.5, 0.6) is 0 Å². The molecule has 2 rings (SSSR count). The first-order valence-corrected chi connectivity index (χ1v) is 7.54. The molecule has 0 spiro atoms. The van der Waals surface area contributed by atoms with Crippen LogP contribution in [0, 0.1) is 17.2 Å². The number of nitriles is 1. The highest BCUT2D eigenvalue weighted by Gasteiger charge is 2.12. The van der Waals surface area contributed by atoms with Crippen molar-refractivity contribution in [3.63, 3.8) is 0 Å². The zero-order valence-electron chi connectivity index (χ0n) is 13.5. The summed E-state index contributed by atoms with van der Waals surface area (Å²) in [7, 11) is 0. The van der Waals surface area contributed by atoms with Gasteiger partial charge in [-0.1, -0.05) is 13.8 Å². The van der Waals surface area contributed by atoms with Crippen molar-refractivity contribution in [3.8, 4) is 6.07 Å². The Bertz CT molecular complexity index is 776. The van der Waals surface area contributed by atoms with Gasteiger partial charge in [-0.25, -0.2) is 0 Å². The average molecular weight is 322 g/mol. The van der Waals surface area contributed by atoms with Crippen LogP contribution in [0.2, 0.25) is 0 Å². The van der Waals surface area contributed by atoms with Gasteiger partial charge >= 0.3 is 0 Å². The minimum absolute atomic E-state index is 0.260. The van der Waals surface area contributed by atoms with Crippen molar-refractivity contribution < 1.29 is 9.59 Å². The summed E-state index contributed by atoms with van der Waals surface area (Å²) in [5.74, 6) is -0.292. The van der Waals surface area contributed by atoms with E-state index in [-0.39, 0.29) is 17.4 Å². The number of hydrogen-bond donors (Lipinski definition) is 2. The maximum absolute atomic E-state index is 12.3. The third-order valence-electron chi connectivity index (χ3n) is 3.21. The van der Waals surface area contributed by atoms with E-state index in [0.29, 0.717) is 29.3 Å². The van der Waals surface area contributed by atoms with E-state index >= 15 is 0 Å². The van der Waals surface area contributed by atoms with Gasteiger partial charge in [0.05, 0.1) is 22.8 Å². The molecule has 0 bridgehead atoms. The first-order chi connectivity index (χ1) is 11.5. The molecule has 0 unspecified atom stereocenters. The lowest BCUT2D eigenvalue weighted by Crippen LogP contribution is -2.27. The highest BCUT2D eigenvalue weighted by atomic mass is 16.2. The lowest BCUT2D eigenvalue weighted by Gasteiger charge is -2.09. The number of pyridine rings is 1. The molecule has 1 aromatic heterocycles. The van der Waals surface area contributed by atoms with Crippen LogP contribution < -0.4 is 10.6 Å². The summed E-state index contributed by atoms with van der Waals surface area (Å²) in [4.78, 5) is 28.3. The predicted molar refractivity (Wildman–Crippen MR) is 90.5 cm³/mol. The molecule has 24 heavy (non-hydrogen) atoms. The van der Waals surface area contributed by atoms with Crippen molar-refractivity contribution in [1.29, 1.82) is 5.26 Å². The molecule has 122 valence electrons. The lowest BCUT2D eigenvalue weighted by atomic mass is 10.1. The Balaban J connectivity index is 2.08. The standard InChI is InChI=1S/C18H18N4O2/c1-12(2)9-21-17(23)14-7-15(11-20-10-14)18(24)22-16-5-3-13(8-19)4-6-16/h3-7,10-12H,9H2,1-2H3,(H,21,23)(H,22,24). The number of benzene rings is 1. The van der Waals surface area contributed by atoms with E-state index in [0.717, 1.165) is 0 Å².